The van der Waals surface area contributed by atoms with Gasteiger partial charge in [-0.2, -0.15) is 0 Å². The third-order valence-corrected chi connectivity index (χ3v) is 3.08. The van der Waals surface area contributed by atoms with Crippen molar-refractivity contribution in [3.63, 3.8) is 0 Å². The van der Waals surface area contributed by atoms with Gasteiger partial charge in [-0.3, -0.25) is 4.79 Å². The Bertz CT molecular complexity index is 598. The van der Waals surface area contributed by atoms with Crippen molar-refractivity contribution in [3.8, 4) is 28.4 Å². The molecule has 0 aliphatic heterocycles. The van der Waals surface area contributed by atoms with Gasteiger partial charge in [0.1, 0.15) is 17.2 Å². The van der Waals surface area contributed by atoms with E-state index in [0.717, 1.165) is 17.4 Å². The van der Waals surface area contributed by atoms with Gasteiger partial charge < -0.3 is 14.2 Å². The number of aldehydes is 1. The molecule has 0 radical (unpaired) electrons. The molecule has 0 aliphatic carbocycles. The molecule has 0 unspecified atom stereocenters. The highest BCUT2D eigenvalue weighted by atomic mass is 16.5. The van der Waals surface area contributed by atoms with E-state index < -0.39 is 0 Å². The predicted molar refractivity (Wildman–Crippen MR) is 76.9 cm³/mol. The topological polar surface area (TPSA) is 44.8 Å². The van der Waals surface area contributed by atoms with Gasteiger partial charge >= 0.3 is 0 Å². The second-order valence-corrected chi connectivity index (χ2v) is 4.11. The van der Waals surface area contributed by atoms with Crippen molar-refractivity contribution in [3.05, 3.63) is 42.0 Å². The first-order valence-corrected chi connectivity index (χ1v) is 6.09. The monoisotopic (exact) mass is 272 g/mol. The van der Waals surface area contributed by atoms with E-state index in [9.17, 15) is 4.79 Å². The summed E-state index contributed by atoms with van der Waals surface area (Å²) in [6, 6.07) is 10.8. The van der Waals surface area contributed by atoms with Crippen molar-refractivity contribution in [2.45, 2.75) is 0 Å². The number of carbonyl (C=O) groups excluding carboxylic acids is 1. The largest absolute Gasteiger partial charge is 0.497 e. The lowest BCUT2D eigenvalue weighted by Gasteiger charge is -2.15. The normalized spacial score (nSPS) is 9.95. The summed E-state index contributed by atoms with van der Waals surface area (Å²) < 4.78 is 15.9. The van der Waals surface area contributed by atoms with Crippen LogP contribution in [-0.2, 0) is 0 Å². The number of methoxy groups -OCH3 is 3. The molecule has 0 aromatic heterocycles. The molecule has 2 aromatic rings. The van der Waals surface area contributed by atoms with E-state index in [4.69, 9.17) is 14.2 Å². The van der Waals surface area contributed by atoms with Gasteiger partial charge in [-0.15, -0.1) is 0 Å². The van der Waals surface area contributed by atoms with Crippen molar-refractivity contribution in [1.29, 1.82) is 0 Å². The zero-order valence-electron chi connectivity index (χ0n) is 11.7. The summed E-state index contributed by atoms with van der Waals surface area (Å²) in [6.07, 6.45) is 0.795. The molecule has 2 aromatic carbocycles. The molecular formula is C16H16O4. The number of ether oxygens (including phenoxy) is 3. The first kappa shape index (κ1) is 13.9. The van der Waals surface area contributed by atoms with Gasteiger partial charge in [-0.1, -0.05) is 6.07 Å². The molecule has 104 valence electrons. The molecule has 0 bridgehead atoms. The third kappa shape index (κ3) is 2.45. The van der Waals surface area contributed by atoms with Crippen molar-refractivity contribution in [2.75, 3.05) is 21.3 Å². The molecule has 0 atom stereocenters. The number of benzene rings is 2. The van der Waals surface area contributed by atoms with Crippen LogP contribution in [-0.4, -0.2) is 27.6 Å². The van der Waals surface area contributed by atoms with Gasteiger partial charge in [-0.05, 0) is 35.9 Å². The lowest BCUT2D eigenvalue weighted by molar-refractivity contribution is 0.112. The van der Waals surface area contributed by atoms with Crippen molar-refractivity contribution >= 4 is 6.29 Å². The zero-order chi connectivity index (χ0) is 14.5. The van der Waals surface area contributed by atoms with E-state index in [-0.39, 0.29) is 0 Å². The summed E-state index contributed by atoms with van der Waals surface area (Å²) in [4.78, 5) is 11.3. The van der Waals surface area contributed by atoms with Crippen LogP contribution in [0.25, 0.3) is 11.1 Å². The first-order chi connectivity index (χ1) is 9.74. The third-order valence-electron chi connectivity index (χ3n) is 3.08. The molecule has 0 saturated heterocycles. The second kappa shape index (κ2) is 6.10. The molecule has 4 nitrogen and oxygen atoms in total. The Morgan fingerprint density at radius 3 is 2.05 bits per heavy atom. The standard InChI is InChI=1S/C16H16O4/c1-18-12-7-8-13(11(9-12)10-17)16-14(19-2)5-4-6-15(16)20-3/h4-10H,1-3H3. The Morgan fingerprint density at radius 1 is 0.900 bits per heavy atom. The Labute approximate surface area is 117 Å². The fourth-order valence-electron chi connectivity index (χ4n) is 2.11. The molecule has 4 heteroatoms. The summed E-state index contributed by atoms with van der Waals surface area (Å²) in [6.45, 7) is 0. The van der Waals surface area contributed by atoms with E-state index in [1.165, 1.54) is 0 Å². The average molecular weight is 272 g/mol. The molecule has 20 heavy (non-hydrogen) atoms. The Kier molecular flexibility index (Phi) is 4.25. The zero-order valence-corrected chi connectivity index (χ0v) is 11.7. The molecule has 0 amide bonds. The summed E-state index contributed by atoms with van der Waals surface area (Å²) in [7, 11) is 4.73. The van der Waals surface area contributed by atoms with Gasteiger partial charge in [0, 0.05) is 5.56 Å². The number of hydrogen-bond donors (Lipinski definition) is 0. The highest BCUT2D eigenvalue weighted by Crippen LogP contribution is 2.40. The lowest BCUT2D eigenvalue weighted by atomic mass is 9.98. The van der Waals surface area contributed by atoms with Crippen LogP contribution in [0.15, 0.2) is 36.4 Å². The van der Waals surface area contributed by atoms with E-state index in [1.807, 2.05) is 24.3 Å². The predicted octanol–water partition coefficient (Wildman–Crippen LogP) is 3.19. The number of carbonyl (C=O) groups is 1. The first-order valence-electron chi connectivity index (χ1n) is 6.09. The maximum Gasteiger partial charge on any atom is 0.150 e. The Morgan fingerprint density at radius 2 is 1.55 bits per heavy atom. The minimum absolute atomic E-state index is 0.521. The van der Waals surface area contributed by atoms with E-state index in [2.05, 4.69) is 0 Å². The fraction of sp³-hybridized carbons (Fsp3) is 0.188. The van der Waals surface area contributed by atoms with Crippen LogP contribution in [0.1, 0.15) is 10.4 Å². The Hall–Kier alpha value is -2.49. The van der Waals surface area contributed by atoms with E-state index in [1.54, 1.807) is 33.5 Å². The summed E-state index contributed by atoms with van der Waals surface area (Å²) in [5.41, 5.74) is 2.02. The number of rotatable bonds is 5. The summed E-state index contributed by atoms with van der Waals surface area (Å²) in [5, 5.41) is 0. The SMILES string of the molecule is COc1ccc(-c2c(OC)cccc2OC)c(C=O)c1. The number of hydrogen-bond acceptors (Lipinski definition) is 4. The Balaban J connectivity index is 2.70. The van der Waals surface area contributed by atoms with Crippen LogP contribution in [0.5, 0.6) is 17.2 Å². The van der Waals surface area contributed by atoms with E-state index >= 15 is 0 Å². The van der Waals surface area contributed by atoms with Crippen LogP contribution in [0.2, 0.25) is 0 Å². The summed E-state index contributed by atoms with van der Waals surface area (Å²) in [5.74, 6) is 1.93. The van der Waals surface area contributed by atoms with E-state index in [0.29, 0.717) is 22.8 Å². The highest BCUT2D eigenvalue weighted by molar-refractivity contribution is 5.92. The van der Waals surface area contributed by atoms with Crippen LogP contribution >= 0.6 is 0 Å². The average Bonchev–Trinajstić information content (AvgIpc) is 2.53. The van der Waals surface area contributed by atoms with Gasteiger partial charge in [-0.25, -0.2) is 0 Å². The maximum absolute atomic E-state index is 11.3. The highest BCUT2D eigenvalue weighted by Gasteiger charge is 2.16. The van der Waals surface area contributed by atoms with Crippen LogP contribution in [0, 0.1) is 0 Å². The van der Waals surface area contributed by atoms with Gasteiger partial charge in [0.2, 0.25) is 0 Å². The molecule has 0 N–H and O–H groups in total. The summed E-state index contributed by atoms with van der Waals surface area (Å²) >= 11 is 0. The molecule has 0 aliphatic rings. The second-order valence-electron chi connectivity index (χ2n) is 4.11. The minimum atomic E-state index is 0.521. The molecule has 0 spiro atoms. The van der Waals surface area contributed by atoms with Crippen molar-refractivity contribution < 1.29 is 19.0 Å². The van der Waals surface area contributed by atoms with Gasteiger partial charge in [0.25, 0.3) is 0 Å². The van der Waals surface area contributed by atoms with Crippen LogP contribution < -0.4 is 14.2 Å². The smallest absolute Gasteiger partial charge is 0.150 e. The molecule has 0 fully saturated rings. The fourth-order valence-corrected chi connectivity index (χ4v) is 2.11. The minimum Gasteiger partial charge on any atom is -0.497 e. The van der Waals surface area contributed by atoms with Gasteiger partial charge in [0.05, 0.1) is 26.9 Å². The maximum atomic E-state index is 11.3. The molecule has 0 heterocycles. The van der Waals surface area contributed by atoms with Gasteiger partial charge in [0.15, 0.2) is 6.29 Å². The van der Waals surface area contributed by atoms with Crippen molar-refractivity contribution in [1.82, 2.24) is 0 Å². The lowest BCUT2D eigenvalue weighted by Crippen LogP contribution is -1.96. The quantitative estimate of drug-likeness (QED) is 0.784. The molecular weight excluding hydrogens is 256 g/mol. The van der Waals surface area contributed by atoms with Crippen molar-refractivity contribution in [2.24, 2.45) is 0 Å². The molecule has 2 rings (SSSR count). The van der Waals surface area contributed by atoms with Crippen LogP contribution in [0.4, 0.5) is 0 Å². The van der Waals surface area contributed by atoms with Crippen LogP contribution in [0.3, 0.4) is 0 Å². The molecule has 0 saturated carbocycles.